The molecule has 1 aromatic carbocycles. The SMILES string of the molecule is CN(CCOc1ccccc1)C(=O)C[C@H]1NC(=O)NC1=O. The Hall–Kier alpha value is -2.57. The lowest BCUT2D eigenvalue weighted by Crippen LogP contribution is -2.38. The maximum Gasteiger partial charge on any atom is 0.322 e. The van der Waals surface area contributed by atoms with E-state index in [2.05, 4.69) is 10.6 Å². The molecule has 112 valence electrons. The third-order valence-corrected chi connectivity index (χ3v) is 3.10. The first kappa shape index (κ1) is 14.8. The maximum absolute atomic E-state index is 11.9. The summed E-state index contributed by atoms with van der Waals surface area (Å²) < 4.78 is 5.49. The lowest BCUT2D eigenvalue weighted by atomic mass is 10.2. The minimum Gasteiger partial charge on any atom is -0.492 e. The fourth-order valence-electron chi connectivity index (χ4n) is 1.87. The molecule has 1 fully saturated rings. The van der Waals surface area contributed by atoms with Crippen LogP contribution in [0.4, 0.5) is 4.79 Å². The van der Waals surface area contributed by atoms with E-state index in [9.17, 15) is 14.4 Å². The molecule has 1 heterocycles. The highest BCUT2D eigenvalue weighted by molar-refractivity contribution is 6.05. The summed E-state index contributed by atoms with van der Waals surface area (Å²) in [6.45, 7) is 0.755. The molecule has 1 aromatic rings. The number of hydrogen-bond donors (Lipinski definition) is 2. The van der Waals surface area contributed by atoms with Gasteiger partial charge in [0, 0.05) is 7.05 Å². The van der Waals surface area contributed by atoms with Gasteiger partial charge in [-0.1, -0.05) is 18.2 Å². The zero-order valence-corrected chi connectivity index (χ0v) is 11.7. The number of rotatable bonds is 6. The van der Waals surface area contributed by atoms with Crippen LogP contribution in [0.1, 0.15) is 6.42 Å². The van der Waals surface area contributed by atoms with Gasteiger partial charge >= 0.3 is 6.03 Å². The van der Waals surface area contributed by atoms with Crippen LogP contribution < -0.4 is 15.4 Å². The molecule has 0 saturated carbocycles. The summed E-state index contributed by atoms with van der Waals surface area (Å²) in [5.41, 5.74) is 0. The second-order valence-electron chi connectivity index (χ2n) is 4.70. The maximum atomic E-state index is 11.9. The molecule has 0 radical (unpaired) electrons. The molecule has 0 spiro atoms. The van der Waals surface area contributed by atoms with E-state index in [0.717, 1.165) is 5.75 Å². The van der Waals surface area contributed by atoms with Gasteiger partial charge in [0.1, 0.15) is 18.4 Å². The van der Waals surface area contributed by atoms with Gasteiger partial charge in [-0.15, -0.1) is 0 Å². The van der Waals surface area contributed by atoms with Crippen LogP contribution in [0.25, 0.3) is 0 Å². The number of carbonyl (C=O) groups is 3. The predicted molar refractivity (Wildman–Crippen MR) is 74.7 cm³/mol. The number of nitrogens with one attached hydrogen (secondary N) is 2. The van der Waals surface area contributed by atoms with Gasteiger partial charge in [-0.25, -0.2) is 4.79 Å². The summed E-state index contributed by atoms with van der Waals surface area (Å²) in [7, 11) is 1.63. The molecule has 1 saturated heterocycles. The molecule has 0 aromatic heterocycles. The van der Waals surface area contributed by atoms with Crippen molar-refractivity contribution >= 4 is 17.8 Å². The third kappa shape index (κ3) is 4.20. The summed E-state index contributed by atoms with van der Waals surface area (Å²) in [5, 5.41) is 4.48. The zero-order chi connectivity index (χ0) is 15.2. The van der Waals surface area contributed by atoms with E-state index in [4.69, 9.17) is 4.74 Å². The van der Waals surface area contributed by atoms with Crippen molar-refractivity contribution in [2.24, 2.45) is 0 Å². The minimum absolute atomic E-state index is 0.0561. The van der Waals surface area contributed by atoms with Crippen LogP contribution >= 0.6 is 0 Å². The Morgan fingerprint density at radius 2 is 2.00 bits per heavy atom. The molecule has 0 aliphatic carbocycles. The van der Waals surface area contributed by atoms with E-state index in [1.165, 1.54) is 4.90 Å². The fourth-order valence-corrected chi connectivity index (χ4v) is 1.87. The number of carbonyl (C=O) groups excluding carboxylic acids is 3. The smallest absolute Gasteiger partial charge is 0.322 e. The summed E-state index contributed by atoms with van der Waals surface area (Å²) in [4.78, 5) is 35.7. The number of para-hydroxylation sites is 1. The van der Waals surface area contributed by atoms with Crippen LogP contribution in [-0.2, 0) is 9.59 Å². The third-order valence-electron chi connectivity index (χ3n) is 3.10. The molecule has 1 aliphatic heterocycles. The Bertz CT molecular complexity index is 532. The number of imide groups is 1. The first-order valence-corrected chi connectivity index (χ1v) is 6.59. The van der Waals surface area contributed by atoms with E-state index in [1.807, 2.05) is 30.3 Å². The van der Waals surface area contributed by atoms with Crippen LogP contribution in [0.3, 0.4) is 0 Å². The van der Waals surface area contributed by atoms with Gasteiger partial charge < -0.3 is 15.0 Å². The average molecular weight is 291 g/mol. The molecule has 7 nitrogen and oxygen atoms in total. The normalized spacial score (nSPS) is 17.1. The molecule has 7 heteroatoms. The first-order valence-electron chi connectivity index (χ1n) is 6.59. The highest BCUT2D eigenvalue weighted by Crippen LogP contribution is 2.08. The lowest BCUT2D eigenvalue weighted by molar-refractivity contribution is -0.133. The molecule has 2 rings (SSSR count). The zero-order valence-electron chi connectivity index (χ0n) is 11.7. The molecule has 0 bridgehead atoms. The molecule has 4 amide bonds. The number of likely N-dealkylation sites (N-methyl/N-ethyl adjacent to an activating group) is 1. The second kappa shape index (κ2) is 6.74. The summed E-state index contributed by atoms with van der Waals surface area (Å²) >= 11 is 0. The molecule has 1 aliphatic rings. The van der Waals surface area contributed by atoms with Crippen LogP contribution in [0, 0.1) is 0 Å². The van der Waals surface area contributed by atoms with Crippen molar-refractivity contribution in [3.05, 3.63) is 30.3 Å². The van der Waals surface area contributed by atoms with Crippen molar-refractivity contribution in [2.75, 3.05) is 20.2 Å². The largest absolute Gasteiger partial charge is 0.492 e. The predicted octanol–water partition coefficient (Wildman–Crippen LogP) is 0.122. The number of ether oxygens (including phenoxy) is 1. The number of nitrogens with zero attached hydrogens (tertiary/aromatic N) is 1. The lowest BCUT2D eigenvalue weighted by Gasteiger charge is -2.18. The van der Waals surface area contributed by atoms with Crippen LogP contribution in [0.2, 0.25) is 0 Å². The fraction of sp³-hybridized carbons (Fsp3) is 0.357. The van der Waals surface area contributed by atoms with E-state index in [-0.39, 0.29) is 12.3 Å². The molecule has 21 heavy (non-hydrogen) atoms. The van der Waals surface area contributed by atoms with Gasteiger partial charge in [0.25, 0.3) is 5.91 Å². The topological polar surface area (TPSA) is 87.7 Å². The first-order chi connectivity index (χ1) is 10.1. The Balaban J connectivity index is 1.73. The molecular weight excluding hydrogens is 274 g/mol. The molecule has 2 N–H and O–H groups in total. The van der Waals surface area contributed by atoms with Gasteiger partial charge in [0.15, 0.2) is 0 Å². The monoisotopic (exact) mass is 291 g/mol. The van der Waals surface area contributed by atoms with Gasteiger partial charge in [0.2, 0.25) is 5.91 Å². The number of amides is 4. The summed E-state index contributed by atoms with van der Waals surface area (Å²) in [6.07, 6.45) is -0.0561. The quantitative estimate of drug-likeness (QED) is 0.729. The van der Waals surface area contributed by atoms with Crippen molar-refractivity contribution in [3.8, 4) is 5.75 Å². The number of urea groups is 1. The van der Waals surface area contributed by atoms with Gasteiger partial charge in [0.05, 0.1) is 13.0 Å². The van der Waals surface area contributed by atoms with Crippen molar-refractivity contribution in [1.29, 1.82) is 0 Å². The molecular formula is C14H17N3O4. The Kier molecular flexibility index (Phi) is 4.76. The average Bonchev–Trinajstić information content (AvgIpc) is 2.78. The Labute approximate surface area is 122 Å². The van der Waals surface area contributed by atoms with E-state index in [1.54, 1.807) is 7.05 Å². The van der Waals surface area contributed by atoms with Crippen LogP contribution in [0.5, 0.6) is 5.75 Å². The van der Waals surface area contributed by atoms with Crippen LogP contribution in [-0.4, -0.2) is 49.0 Å². The highest BCUT2D eigenvalue weighted by Gasteiger charge is 2.31. The van der Waals surface area contributed by atoms with Gasteiger partial charge in [-0.3, -0.25) is 14.9 Å². The Morgan fingerprint density at radius 3 is 2.62 bits per heavy atom. The van der Waals surface area contributed by atoms with Gasteiger partial charge in [-0.2, -0.15) is 0 Å². The van der Waals surface area contributed by atoms with Crippen molar-refractivity contribution in [1.82, 2.24) is 15.5 Å². The number of hydrogen-bond acceptors (Lipinski definition) is 4. The van der Waals surface area contributed by atoms with E-state index >= 15 is 0 Å². The van der Waals surface area contributed by atoms with Crippen LogP contribution in [0.15, 0.2) is 30.3 Å². The van der Waals surface area contributed by atoms with Crippen molar-refractivity contribution in [2.45, 2.75) is 12.5 Å². The van der Waals surface area contributed by atoms with E-state index in [0.29, 0.717) is 13.2 Å². The van der Waals surface area contributed by atoms with E-state index < -0.39 is 18.0 Å². The second-order valence-corrected chi connectivity index (χ2v) is 4.70. The number of benzene rings is 1. The highest BCUT2D eigenvalue weighted by atomic mass is 16.5. The minimum atomic E-state index is -0.789. The van der Waals surface area contributed by atoms with Crippen molar-refractivity contribution < 1.29 is 19.1 Å². The molecule has 1 atom stereocenters. The standard InChI is InChI=1S/C14H17N3O4/c1-17(7-8-21-10-5-3-2-4-6-10)12(18)9-11-13(19)16-14(20)15-11/h2-6,11H,7-9H2,1H3,(H2,15,16,19,20)/t11-/m1/s1. The summed E-state index contributed by atoms with van der Waals surface area (Å²) in [6, 6.07) is 7.94. The Morgan fingerprint density at radius 1 is 1.29 bits per heavy atom. The van der Waals surface area contributed by atoms with Gasteiger partial charge in [-0.05, 0) is 12.1 Å². The molecule has 0 unspecified atom stereocenters. The van der Waals surface area contributed by atoms with Crippen molar-refractivity contribution in [3.63, 3.8) is 0 Å². The summed E-state index contributed by atoms with van der Waals surface area (Å²) in [5.74, 6) is 0.0390.